The molecule has 2 heterocycles. The van der Waals surface area contributed by atoms with Gasteiger partial charge in [0.25, 0.3) is 0 Å². The summed E-state index contributed by atoms with van der Waals surface area (Å²) < 4.78 is 18.2. The second-order valence-corrected chi connectivity index (χ2v) is 8.28. The van der Waals surface area contributed by atoms with E-state index in [9.17, 15) is 4.21 Å². The molecule has 0 bridgehead atoms. The van der Waals surface area contributed by atoms with Crippen LogP contribution in [0.5, 0.6) is 0 Å². The Balaban J connectivity index is 1.38. The molecule has 5 heteroatoms. The van der Waals surface area contributed by atoms with Crippen LogP contribution in [0.2, 0.25) is 0 Å². The van der Waals surface area contributed by atoms with E-state index in [0.717, 1.165) is 17.7 Å². The lowest BCUT2D eigenvalue weighted by Crippen LogP contribution is -2.54. The van der Waals surface area contributed by atoms with Gasteiger partial charge in [-0.05, 0) is 37.5 Å². The van der Waals surface area contributed by atoms with Crippen molar-refractivity contribution in [3.8, 4) is 11.3 Å². The highest BCUT2D eigenvalue weighted by Gasteiger charge is 2.52. The Kier molecular flexibility index (Phi) is 3.24. The molecule has 1 unspecified atom stereocenters. The zero-order chi connectivity index (χ0) is 17.0. The lowest BCUT2D eigenvalue weighted by atomic mass is 9.69. The Morgan fingerprint density at radius 3 is 2.72 bits per heavy atom. The number of rotatable bonds is 3. The number of benzene rings is 2. The van der Waals surface area contributed by atoms with Gasteiger partial charge in [0.05, 0.1) is 28.7 Å². The Bertz CT molecular complexity index is 971. The van der Waals surface area contributed by atoms with Crippen LogP contribution in [-0.2, 0) is 16.5 Å². The second kappa shape index (κ2) is 5.38. The van der Waals surface area contributed by atoms with Crippen molar-refractivity contribution in [1.29, 1.82) is 0 Å². The van der Waals surface area contributed by atoms with Gasteiger partial charge < -0.3 is 4.57 Å². The van der Waals surface area contributed by atoms with E-state index in [2.05, 4.69) is 38.5 Å². The van der Waals surface area contributed by atoms with Gasteiger partial charge in [0.15, 0.2) is 0 Å². The molecule has 1 saturated carbocycles. The minimum atomic E-state index is -1.17. The molecule has 1 aliphatic carbocycles. The second-order valence-electron chi connectivity index (χ2n) is 7.03. The Labute approximate surface area is 149 Å². The highest BCUT2D eigenvalue weighted by atomic mass is 32.2. The highest BCUT2D eigenvalue weighted by Crippen LogP contribution is 2.54. The molecule has 2 aliphatic rings. The van der Waals surface area contributed by atoms with E-state index in [1.54, 1.807) is 0 Å². The standard InChI is InChI=1S/C20H19N3OS/c1-14-6-8-16(9-7-14)25(24)22-15-10-20(11-15)18-5-3-2-4-17(18)19-12-21-13-23(19)20/h2-9,12-13,15,22H,10-11H2,1H3. The van der Waals surface area contributed by atoms with Crippen LogP contribution in [0.3, 0.4) is 0 Å². The van der Waals surface area contributed by atoms with Gasteiger partial charge >= 0.3 is 0 Å². The zero-order valence-corrected chi connectivity index (χ0v) is 14.8. The average molecular weight is 349 g/mol. The minimum Gasteiger partial charge on any atom is -0.320 e. The van der Waals surface area contributed by atoms with Gasteiger partial charge in [-0.2, -0.15) is 0 Å². The average Bonchev–Trinajstić information content (AvgIpc) is 3.16. The van der Waals surface area contributed by atoms with Crippen molar-refractivity contribution in [3.63, 3.8) is 0 Å². The quantitative estimate of drug-likeness (QED) is 0.788. The van der Waals surface area contributed by atoms with Crippen LogP contribution in [0, 0.1) is 6.92 Å². The molecular weight excluding hydrogens is 330 g/mol. The molecule has 1 aliphatic heterocycles. The van der Waals surface area contributed by atoms with E-state index in [0.29, 0.717) is 0 Å². The number of imidazole rings is 1. The van der Waals surface area contributed by atoms with Gasteiger partial charge in [-0.3, -0.25) is 0 Å². The lowest BCUT2D eigenvalue weighted by Gasteiger charge is -2.47. The first-order valence-electron chi connectivity index (χ1n) is 8.55. The molecule has 5 rings (SSSR count). The maximum atomic E-state index is 12.6. The number of aromatic nitrogens is 2. The number of aryl methyl sites for hydroxylation is 1. The Morgan fingerprint density at radius 1 is 1.16 bits per heavy atom. The van der Waals surface area contributed by atoms with Crippen LogP contribution >= 0.6 is 0 Å². The summed E-state index contributed by atoms with van der Waals surface area (Å²) in [6, 6.07) is 16.7. The van der Waals surface area contributed by atoms with E-state index in [1.807, 2.05) is 43.7 Å². The largest absolute Gasteiger partial charge is 0.320 e. The first-order chi connectivity index (χ1) is 12.2. The number of hydrogen-bond acceptors (Lipinski definition) is 2. The number of nitrogens with one attached hydrogen (secondary N) is 1. The highest BCUT2D eigenvalue weighted by molar-refractivity contribution is 7.83. The van der Waals surface area contributed by atoms with Crippen molar-refractivity contribution in [2.45, 2.75) is 36.2 Å². The number of hydrogen-bond donors (Lipinski definition) is 1. The number of nitrogens with zero attached hydrogens (tertiary/aromatic N) is 2. The lowest BCUT2D eigenvalue weighted by molar-refractivity contribution is 0.162. The molecule has 3 aromatic rings. The van der Waals surface area contributed by atoms with Crippen molar-refractivity contribution in [1.82, 2.24) is 14.3 Å². The molecule has 1 atom stereocenters. The third kappa shape index (κ3) is 2.16. The monoisotopic (exact) mass is 349 g/mol. The van der Waals surface area contributed by atoms with E-state index < -0.39 is 11.0 Å². The molecule has 0 radical (unpaired) electrons. The molecule has 4 nitrogen and oxygen atoms in total. The van der Waals surface area contributed by atoms with Gasteiger partial charge in [-0.15, -0.1) is 0 Å². The summed E-state index contributed by atoms with van der Waals surface area (Å²) in [6.45, 7) is 2.04. The summed E-state index contributed by atoms with van der Waals surface area (Å²) in [6.07, 6.45) is 5.75. The molecule has 0 saturated heterocycles. The van der Waals surface area contributed by atoms with Crippen LogP contribution in [0.25, 0.3) is 11.3 Å². The maximum Gasteiger partial charge on any atom is 0.125 e. The molecule has 126 valence electrons. The van der Waals surface area contributed by atoms with Crippen molar-refractivity contribution in [2.24, 2.45) is 0 Å². The normalized spacial score (nSPS) is 24.6. The maximum absolute atomic E-state index is 12.6. The van der Waals surface area contributed by atoms with E-state index in [-0.39, 0.29) is 11.6 Å². The van der Waals surface area contributed by atoms with Crippen LogP contribution in [-0.4, -0.2) is 19.8 Å². The van der Waals surface area contributed by atoms with Gasteiger partial charge in [0.2, 0.25) is 0 Å². The summed E-state index contributed by atoms with van der Waals surface area (Å²) in [5.41, 5.74) is 4.98. The molecule has 0 amide bonds. The van der Waals surface area contributed by atoms with E-state index in [4.69, 9.17) is 0 Å². The third-order valence-electron chi connectivity index (χ3n) is 5.48. The van der Waals surface area contributed by atoms with Gasteiger partial charge in [-0.1, -0.05) is 42.0 Å². The molecular formula is C20H19N3OS. The summed E-state index contributed by atoms with van der Waals surface area (Å²) in [5, 5.41) is 0. The van der Waals surface area contributed by atoms with Crippen molar-refractivity contribution in [3.05, 3.63) is 72.2 Å². The molecule has 1 aromatic heterocycles. The summed E-state index contributed by atoms with van der Waals surface area (Å²) in [4.78, 5) is 5.18. The van der Waals surface area contributed by atoms with Crippen LogP contribution in [0.1, 0.15) is 24.0 Å². The molecule has 1 spiro atoms. The van der Waals surface area contributed by atoms with Gasteiger partial charge in [0.1, 0.15) is 11.0 Å². The fourth-order valence-corrected chi connectivity index (χ4v) is 5.20. The summed E-state index contributed by atoms with van der Waals surface area (Å²) in [7, 11) is -1.17. The van der Waals surface area contributed by atoms with Crippen molar-refractivity contribution in [2.75, 3.05) is 0 Å². The fraction of sp³-hybridized carbons (Fsp3) is 0.250. The smallest absolute Gasteiger partial charge is 0.125 e. The molecule has 1 N–H and O–H groups in total. The Morgan fingerprint density at radius 2 is 1.92 bits per heavy atom. The number of fused-ring (bicyclic) bond motifs is 5. The van der Waals surface area contributed by atoms with Crippen LogP contribution in [0.15, 0.2) is 66.0 Å². The first-order valence-corrected chi connectivity index (χ1v) is 9.70. The van der Waals surface area contributed by atoms with Crippen molar-refractivity contribution >= 4 is 11.0 Å². The predicted molar refractivity (Wildman–Crippen MR) is 98.5 cm³/mol. The van der Waals surface area contributed by atoms with Crippen LogP contribution < -0.4 is 4.72 Å². The van der Waals surface area contributed by atoms with Gasteiger partial charge in [0, 0.05) is 11.6 Å². The molecule has 2 aromatic carbocycles. The van der Waals surface area contributed by atoms with Crippen LogP contribution in [0.4, 0.5) is 0 Å². The zero-order valence-electron chi connectivity index (χ0n) is 14.0. The van der Waals surface area contributed by atoms with E-state index >= 15 is 0 Å². The topological polar surface area (TPSA) is 46.9 Å². The Hall–Kier alpha value is -2.24. The predicted octanol–water partition coefficient (Wildman–Crippen LogP) is 3.39. The van der Waals surface area contributed by atoms with Crippen molar-refractivity contribution < 1.29 is 4.21 Å². The SMILES string of the molecule is Cc1ccc(S(=O)NC2CC3(C2)c2ccccc2-c2cncn23)cc1. The molecule has 1 fully saturated rings. The first kappa shape index (κ1) is 15.0. The summed E-state index contributed by atoms with van der Waals surface area (Å²) in [5.74, 6) is 0. The fourth-order valence-electron chi connectivity index (χ4n) is 4.21. The molecule has 25 heavy (non-hydrogen) atoms. The minimum absolute atomic E-state index is 0.0302. The summed E-state index contributed by atoms with van der Waals surface area (Å²) >= 11 is 0. The third-order valence-corrected chi connectivity index (χ3v) is 6.73. The van der Waals surface area contributed by atoms with E-state index in [1.165, 1.54) is 22.4 Å². The van der Waals surface area contributed by atoms with Gasteiger partial charge in [-0.25, -0.2) is 13.9 Å².